The molecule has 0 aliphatic heterocycles. The number of esters is 1. The third-order valence-corrected chi connectivity index (χ3v) is 4.59. The smallest absolute Gasteiger partial charge is 0.340 e. The number of nitrogens with zero attached hydrogens (tertiary/aromatic N) is 1. The summed E-state index contributed by atoms with van der Waals surface area (Å²) in [5.74, 6) is -0.473. The maximum Gasteiger partial charge on any atom is 0.340 e. The number of ether oxygens (including phenoxy) is 1. The van der Waals surface area contributed by atoms with E-state index in [2.05, 4.69) is 10.5 Å². The van der Waals surface area contributed by atoms with Gasteiger partial charge in [-0.3, -0.25) is 4.79 Å². The Labute approximate surface area is 148 Å². The summed E-state index contributed by atoms with van der Waals surface area (Å²) in [6.07, 6.45) is 0. The zero-order chi connectivity index (χ0) is 18.0. The van der Waals surface area contributed by atoms with Crippen LogP contribution in [0.5, 0.6) is 0 Å². The molecular weight excluding hydrogens is 340 g/mol. The van der Waals surface area contributed by atoms with Crippen molar-refractivity contribution in [2.75, 3.05) is 12.4 Å². The van der Waals surface area contributed by atoms with Crippen LogP contribution in [0.15, 0.2) is 40.9 Å². The lowest BCUT2D eigenvalue weighted by Gasteiger charge is -2.06. The van der Waals surface area contributed by atoms with E-state index in [1.165, 1.54) is 18.4 Å². The van der Waals surface area contributed by atoms with Crippen LogP contribution in [0.2, 0.25) is 0 Å². The van der Waals surface area contributed by atoms with E-state index in [4.69, 9.17) is 9.26 Å². The molecule has 0 atom stereocenters. The van der Waals surface area contributed by atoms with Crippen LogP contribution in [0.25, 0.3) is 11.3 Å². The van der Waals surface area contributed by atoms with E-state index in [1.807, 2.05) is 37.3 Å². The van der Waals surface area contributed by atoms with Crippen molar-refractivity contribution in [1.29, 1.82) is 0 Å². The first-order chi connectivity index (χ1) is 12.0. The quantitative estimate of drug-likeness (QED) is 0.713. The highest BCUT2D eigenvalue weighted by Crippen LogP contribution is 2.31. The summed E-state index contributed by atoms with van der Waals surface area (Å²) in [7, 11) is 1.30. The molecule has 128 valence electrons. The average molecular weight is 356 g/mol. The minimum atomic E-state index is -0.495. The van der Waals surface area contributed by atoms with Gasteiger partial charge < -0.3 is 14.6 Å². The minimum absolute atomic E-state index is 0.328. The number of methoxy groups -OCH3 is 1. The van der Waals surface area contributed by atoms with E-state index >= 15 is 0 Å². The highest BCUT2D eigenvalue weighted by Gasteiger charge is 2.24. The number of benzene rings is 1. The zero-order valence-corrected chi connectivity index (χ0v) is 14.8. The van der Waals surface area contributed by atoms with Crippen LogP contribution in [-0.4, -0.2) is 24.1 Å². The lowest BCUT2D eigenvalue weighted by Crippen LogP contribution is -2.15. The Morgan fingerprint density at radius 2 is 1.92 bits per heavy atom. The first kappa shape index (κ1) is 16.9. The van der Waals surface area contributed by atoms with Crippen molar-refractivity contribution in [3.63, 3.8) is 0 Å². The molecule has 0 radical (unpaired) electrons. The summed E-state index contributed by atoms with van der Waals surface area (Å²) in [5, 5.41) is 7.22. The fourth-order valence-electron chi connectivity index (χ4n) is 2.47. The fraction of sp³-hybridized carbons (Fsp3) is 0.167. The summed E-state index contributed by atoms with van der Waals surface area (Å²) in [5.41, 5.74) is 1.91. The average Bonchev–Trinajstić information content (AvgIpc) is 3.17. The van der Waals surface area contributed by atoms with Crippen molar-refractivity contribution in [1.82, 2.24) is 5.16 Å². The van der Waals surface area contributed by atoms with Gasteiger partial charge in [0.25, 0.3) is 5.91 Å². The summed E-state index contributed by atoms with van der Waals surface area (Å²) >= 11 is 1.31. The lowest BCUT2D eigenvalue weighted by molar-refractivity contribution is 0.0602. The summed E-state index contributed by atoms with van der Waals surface area (Å²) < 4.78 is 9.98. The second-order valence-electron chi connectivity index (χ2n) is 5.37. The third-order valence-electron chi connectivity index (χ3n) is 3.62. The number of aromatic nitrogens is 1. The van der Waals surface area contributed by atoms with Crippen molar-refractivity contribution < 1.29 is 18.8 Å². The molecule has 0 aliphatic rings. The number of nitrogens with one attached hydrogen (secondary N) is 1. The molecule has 0 unspecified atom stereocenters. The Kier molecular flexibility index (Phi) is 4.67. The monoisotopic (exact) mass is 356 g/mol. The van der Waals surface area contributed by atoms with Gasteiger partial charge in [-0.1, -0.05) is 35.5 Å². The summed E-state index contributed by atoms with van der Waals surface area (Å²) in [6, 6.07) is 11.0. The molecule has 3 aromatic rings. The Bertz CT molecular complexity index is 928. The van der Waals surface area contributed by atoms with Crippen molar-refractivity contribution >= 4 is 28.2 Å². The topological polar surface area (TPSA) is 81.4 Å². The van der Waals surface area contributed by atoms with Crippen molar-refractivity contribution in [3.8, 4) is 11.3 Å². The molecule has 3 rings (SSSR count). The predicted molar refractivity (Wildman–Crippen MR) is 95.0 cm³/mol. The van der Waals surface area contributed by atoms with Crippen LogP contribution in [0, 0.1) is 13.8 Å². The van der Waals surface area contributed by atoms with Crippen LogP contribution in [0.3, 0.4) is 0 Å². The van der Waals surface area contributed by atoms with Crippen LogP contribution in [0.1, 0.15) is 31.4 Å². The minimum Gasteiger partial charge on any atom is -0.465 e. The van der Waals surface area contributed by atoms with E-state index in [-0.39, 0.29) is 5.91 Å². The summed E-state index contributed by atoms with van der Waals surface area (Å²) in [4.78, 5) is 25.6. The molecule has 1 amide bonds. The highest BCUT2D eigenvalue weighted by atomic mass is 32.1. The number of aryl methyl sites for hydroxylation is 2. The SMILES string of the molecule is COC(=O)c1cc(C)sc1NC(=O)c1c(-c2ccccc2)noc1C. The van der Waals surface area contributed by atoms with Crippen molar-refractivity contribution in [2.24, 2.45) is 0 Å². The van der Waals surface area contributed by atoms with Gasteiger partial charge in [-0.05, 0) is 19.9 Å². The molecule has 7 heteroatoms. The molecule has 0 saturated heterocycles. The first-order valence-electron chi connectivity index (χ1n) is 7.53. The Morgan fingerprint density at radius 1 is 1.20 bits per heavy atom. The molecule has 6 nitrogen and oxygen atoms in total. The van der Waals surface area contributed by atoms with Gasteiger partial charge >= 0.3 is 5.97 Å². The maximum atomic E-state index is 12.8. The van der Waals surface area contributed by atoms with E-state index < -0.39 is 5.97 Å². The molecule has 1 aromatic carbocycles. The molecular formula is C18H16N2O4S. The molecule has 1 N–H and O–H groups in total. The van der Waals surface area contributed by atoms with Crippen LogP contribution in [-0.2, 0) is 4.74 Å². The normalized spacial score (nSPS) is 10.5. The van der Waals surface area contributed by atoms with Gasteiger partial charge in [0.15, 0.2) is 0 Å². The number of carbonyl (C=O) groups excluding carboxylic acids is 2. The van der Waals surface area contributed by atoms with Gasteiger partial charge in [0.1, 0.15) is 22.0 Å². The number of amides is 1. The van der Waals surface area contributed by atoms with Gasteiger partial charge in [0.2, 0.25) is 0 Å². The van der Waals surface area contributed by atoms with Gasteiger partial charge in [-0.2, -0.15) is 0 Å². The number of rotatable bonds is 4. The molecule has 2 heterocycles. The summed E-state index contributed by atoms with van der Waals surface area (Å²) in [6.45, 7) is 3.53. The molecule has 0 spiro atoms. The van der Waals surface area contributed by atoms with Gasteiger partial charge in [-0.15, -0.1) is 11.3 Å². The van der Waals surface area contributed by atoms with E-state index in [9.17, 15) is 9.59 Å². The number of hydrogen-bond acceptors (Lipinski definition) is 6. The van der Waals surface area contributed by atoms with Gasteiger partial charge in [0.05, 0.1) is 12.7 Å². The second kappa shape index (κ2) is 6.90. The first-order valence-corrected chi connectivity index (χ1v) is 8.34. The van der Waals surface area contributed by atoms with Crippen LogP contribution < -0.4 is 5.32 Å². The number of anilines is 1. The molecule has 0 aliphatic carbocycles. The molecule has 0 fully saturated rings. The van der Waals surface area contributed by atoms with E-state index in [0.717, 1.165) is 10.4 Å². The highest BCUT2D eigenvalue weighted by molar-refractivity contribution is 7.16. The zero-order valence-electron chi connectivity index (χ0n) is 14.0. The van der Waals surface area contributed by atoms with E-state index in [0.29, 0.717) is 27.6 Å². The third kappa shape index (κ3) is 3.32. The van der Waals surface area contributed by atoms with Crippen LogP contribution >= 0.6 is 11.3 Å². The molecule has 0 saturated carbocycles. The van der Waals surface area contributed by atoms with Gasteiger partial charge in [-0.25, -0.2) is 4.79 Å². The number of thiophene rings is 1. The van der Waals surface area contributed by atoms with E-state index in [1.54, 1.807) is 13.0 Å². The standard InChI is InChI=1S/C18H16N2O4S/c1-10-9-13(18(22)23-3)17(25-10)19-16(21)14-11(2)24-20-15(14)12-7-5-4-6-8-12/h4-9H,1-3H3,(H,19,21). The number of hydrogen-bond donors (Lipinski definition) is 1. The molecule has 25 heavy (non-hydrogen) atoms. The Balaban J connectivity index is 1.96. The predicted octanol–water partition coefficient (Wildman–Crippen LogP) is 4.06. The van der Waals surface area contributed by atoms with Crippen molar-refractivity contribution in [2.45, 2.75) is 13.8 Å². The Hall–Kier alpha value is -2.93. The molecule has 0 bridgehead atoms. The lowest BCUT2D eigenvalue weighted by atomic mass is 10.1. The largest absolute Gasteiger partial charge is 0.465 e. The maximum absolute atomic E-state index is 12.8. The second-order valence-corrected chi connectivity index (χ2v) is 6.63. The Morgan fingerprint density at radius 3 is 2.60 bits per heavy atom. The van der Waals surface area contributed by atoms with Gasteiger partial charge in [0, 0.05) is 10.4 Å². The fourth-order valence-corrected chi connectivity index (χ4v) is 3.36. The van der Waals surface area contributed by atoms with Crippen molar-refractivity contribution in [3.05, 3.63) is 58.2 Å². The number of carbonyl (C=O) groups is 2. The molecule has 2 aromatic heterocycles. The van der Waals surface area contributed by atoms with Crippen LogP contribution in [0.4, 0.5) is 5.00 Å².